The first-order valence-electron chi connectivity index (χ1n) is 3.83. The van der Waals surface area contributed by atoms with Gasteiger partial charge in [-0.15, -0.1) is 0 Å². The third-order valence-corrected chi connectivity index (χ3v) is 1.97. The molecule has 7 heteroatoms. The number of nitrogens with zero attached hydrogens (tertiary/aromatic N) is 3. The van der Waals surface area contributed by atoms with Crippen molar-refractivity contribution in [1.82, 2.24) is 0 Å². The fourth-order valence-electron chi connectivity index (χ4n) is 1.32. The van der Waals surface area contributed by atoms with Crippen molar-refractivity contribution in [1.29, 1.82) is 0 Å². The van der Waals surface area contributed by atoms with E-state index in [2.05, 4.69) is 10.0 Å². The first kappa shape index (κ1) is 10.2. The average molecular weight is 188 g/mol. The molecule has 0 aromatic carbocycles. The van der Waals surface area contributed by atoms with Gasteiger partial charge in [0.25, 0.3) is 0 Å². The lowest BCUT2D eigenvalue weighted by Crippen LogP contribution is -2.38. The normalized spacial score (nSPS) is 38.7. The lowest BCUT2D eigenvalue weighted by Gasteiger charge is -2.16. The molecule has 1 rings (SSSR count). The topological polar surface area (TPSA) is 113 Å². The minimum absolute atomic E-state index is 0.111. The summed E-state index contributed by atoms with van der Waals surface area (Å²) >= 11 is 0. The molecular formula is C6H12N4O3. The second kappa shape index (κ2) is 4.40. The lowest BCUT2D eigenvalue weighted by atomic mass is 10.1. The van der Waals surface area contributed by atoms with Gasteiger partial charge < -0.3 is 20.3 Å². The molecule has 1 fully saturated rings. The van der Waals surface area contributed by atoms with E-state index in [-0.39, 0.29) is 6.54 Å². The molecule has 3 N–H and O–H groups in total. The zero-order valence-corrected chi connectivity index (χ0v) is 7.20. The molecule has 2 unspecified atom stereocenters. The van der Waals surface area contributed by atoms with Crippen LogP contribution in [0.4, 0.5) is 0 Å². The predicted octanol–water partition coefficient (Wildman–Crippen LogP) is -0.644. The molecular weight excluding hydrogens is 176 g/mol. The molecule has 0 radical (unpaired) electrons. The van der Waals surface area contributed by atoms with Crippen LogP contribution >= 0.6 is 0 Å². The lowest BCUT2D eigenvalue weighted by molar-refractivity contribution is -0.00678. The Bertz CT molecular complexity index is 218. The molecule has 0 bridgehead atoms. The summed E-state index contributed by atoms with van der Waals surface area (Å²) in [6, 6.07) is 0. The summed E-state index contributed by atoms with van der Waals surface area (Å²) in [7, 11) is 1.44. The number of hydrogen-bond donors (Lipinski definition) is 2. The van der Waals surface area contributed by atoms with Crippen molar-refractivity contribution in [2.24, 2.45) is 10.8 Å². The Morgan fingerprint density at radius 3 is 3.00 bits per heavy atom. The Morgan fingerprint density at radius 1 is 1.77 bits per heavy atom. The van der Waals surface area contributed by atoms with Gasteiger partial charge in [-0.1, -0.05) is 5.11 Å². The molecule has 0 saturated carbocycles. The van der Waals surface area contributed by atoms with Crippen LogP contribution in [0.2, 0.25) is 0 Å². The van der Waals surface area contributed by atoms with Crippen molar-refractivity contribution in [2.45, 2.75) is 24.5 Å². The second-order valence-corrected chi connectivity index (χ2v) is 2.74. The summed E-state index contributed by atoms with van der Waals surface area (Å²) < 4.78 is 10.1. The Morgan fingerprint density at radius 2 is 2.46 bits per heavy atom. The highest BCUT2D eigenvalue weighted by Gasteiger charge is 2.41. The van der Waals surface area contributed by atoms with Gasteiger partial charge in [-0.2, -0.15) is 0 Å². The molecule has 1 aliphatic heterocycles. The van der Waals surface area contributed by atoms with Gasteiger partial charge in [-0.05, 0) is 5.53 Å². The highest BCUT2D eigenvalue weighted by atomic mass is 16.6. The number of hydrogen-bond acceptors (Lipinski definition) is 5. The SMILES string of the molecule is COC1C(O)[C@H](N)O[C@@H]1CN=[N+]=[N-]. The fraction of sp³-hybridized carbons (Fsp3) is 1.00. The molecule has 0 aliphatic carbocycles. The molecule has 1 aliphatic rings. The molecule has 1 heterocycles. The minimum atomic E-state index is -0.871. The quantitative estimate of drug-likeness (QED) is 0.348. The van der Waals surface area contributed by atoms with E-state index in [9.17, 15) is 5.11 Å². The summed E-state index contributed by atoms with van der Waals surface area (Å²) in [5.74, 6) is 0. The van der Waals surface area contributed by atoms with Gasteiger partial charge in [0.05, 0.1) is 12.6 Å². The summed E-state index contributed by atoms with van der Waals surface area (Å²) in [6.45, 7) is 0.111. The molecule has 13 heavy (non-hydrogen) atoms. The van der Waals surface area contributed by atoms with Crippen molar-refractivity contribution < 1.29 is 14.6 Å². The third-order valence-electron chi connectivity index (χ3n) is 1.97. The van der Waals surface area contributed by atoms with Gasteiger partial charge in [-0.3, -0.25) is 0 Å². The molecule has 74 valence electrons. The third kappa shape index (κ3) is 2.09. The number of methoxy groups -OCH3 is 1. The summed E-state index contributed by atoms with van der Waals surface area (Å²) in [5, 5.41) is 12.7. The van der Waals surface area contributed by atoms with Crippen LogP contribution in [0.3, 0.4) is 0 Å². The maximum atomic E-state index is 9.42. The van der Waals surface area contributed by atoms with E-state index in [1.165, 1.54) is 7.11 Å². The fourth-order valence-corrected chi connectivity index (χ4v) is 1.32. The van der Waals surface area contributed by atoms with Crippen molar-refractivity contribution in [2.75, 3.05) is 13.7 Å². The molecule has 4 atom stereocenters. The van der Waals surface area contributed by atoms with Crippen LogP contribution in [0.25, 0.3) is 10.4 Å². The standard InChI is InChI=1S/C6H12N4O3/c1-12-5-3(2-9-10-8)13-6(7)4(5)11/h3-6,11H,2,7H2,1H3/t3-,4?,5?,6-/m1/s1. The van der Waals surface area contributed by atoms with Crippen molar-refractivity contribution in [3.8, 4) is 0 Å². The van der Waals surface area contributed by atoms with Crippen LogP contribution in [0.15, 0.2) is 5.11 Å². The van der Waals surface area contributed by atoms with Gasteiger partial charge in [0, 0.05) is 12.0 Å². The number of nitrogens with two attached hydrogens (primary N) is 1. The summed E-state index contributed by atoms with van der Waals surface area (Å²) in [4.78, 5) is 2.58. The number of ether oxygens (including phenoxy) is 2. The Hall–Kier alpha value is -0.850. The van der Waals surface area contributed by atoms with E-state index in [0.717, 1.165) is 0 Å². The molecule has 1 saturated heterocycles. The van der Waals surface area contributed by atoms with Crippen LogP contribution in [0.1, 0.15) is 0 Å². The average Bonchev–Trinajstić information content (AvgIpc) is 2.39. The van der Waals surface area contributed by atoms with E-state index < -0.39 is 24.5 Å². The highest BCUT2D eigenvalue weighted by Crippen LogP contribution is 2.20. The molecule has 0 amide bonds. The van der Waals surface area contributed by atoms with Crippen molar-refractivity contribution in [3.05, 3.63) is 10.4 Å². The van der Waals surface area contributed by atoms with Gasteiger partial charge in [0.15, 0.2) is 0 Å². The van der Waals surface area contributed by atoms with E-state index in [4.69, 9.17) is 20.7 Å². The maximum Gasteiger partial charge on any atom is 0.135 e. The van der Waals surface area contributed by atoms with Gasteiger partial charge >= 0.3 is 0 Å². The molecule has 7 nitrogen and oxygen atoms in total. The molecule has 0 aromatic heterocycles. The number of aliphatic hydroxyl groups excluding tert-OH is 1. The zero-order valence-electron chi connectivity index (χ0n) is 7.20. The molecule has 0 spiro atoms. The number of rotatable bonds is 3. The van der Waals surface area contributed by atoms with Gasteiger partial charge in [-0.25, -0.2) is 0 Å². The highest BCUT2D eigenvalue weighted by molar-refractivity contribution is 4.90. The van der Waals surface area contributed by atoms with Crippen molar-refractivity contribution in [3.63, 3.8) is 0 Å². The van der Waals surface area contributed by atoms with Crippen LogP contribution < -0.4 is 5.73 Å². The van der Waals surface area contributed by atoms with E-state index in [1.807, 2.05) is 0 Å². The van der Waals surface area contributed by atoms with E-state index in [1.54, 1.807) is 0 Å². The minimum Gasteiger partial charge on any atom is -0.386 e. The van der Waals surface area contributed by atoms with Gasteiger partial charge in [0.2, 0.25) is 0 Å². The van der Waals surface area contributed by atoms with Crippen LogP contribution in [0, 0.1) is 0 Å². The summed E-state index contributed by atoms with van der Waals surface area (Å²) in [6.07, 6.45) is -2.64. The Kier molecular flexibility index (Phi) is 3.47. The van der Waals surface area contributed by atoms with Crippen LogP contribution in [-0.4, -0.2) is 43.3 Å². The number of aliphatic hydroxyl groups is 1. The van der Waals surface area contributed by atoms with E-state index >= 15 is 0 Å². The Balaban J connectivity index is 2.59. The Labute approximate surface area is 75.1 Å². The largest absolute Gasteiger partial charge is 0.386 e. The second-order valence-electron chi connectivity index (χ2n) is 2.74. The first-order valence-corrected chi connectivity index (χ1v) is 3.83. The molecule has 0 aromatic rings. The number of azide groups is 1. The monoisotopic (exact) mass is 188 g/mol. The zero-order chi connectivity index (χ0) is 9.84. The van der Waals surface area contributed by atoms with Crippen LogP contribution in [-0.2, 0) is 9.47 Å². The predicted molar refractivity (Wildman–Crippen MR) is 43.7 cm³/mol. The first-order chi connectivity index (χ1) is 6.20. The van der Waals surface area contributed by atoms with Gasteiger partial charge in [0.1, 0.15) is 18.4 Å². The maximum absolute atomic E-state index is 9.42. The summed E-state index contributed by atoms with van der Waals surface area (Å²) in [5.41, 5.74) is 13.5. The van der Waals surface area contributed by atoms with E-state index in [0.29, 0.717) is 0 Å². The van der Waals surface area contributed by atoms with Crippen LogP contribution in [0.5, 0.6) is 0 Å². The smallest absolute Gasteiger partial charge is 0.135 e. The van der Waals surface area contributed by atoms with Crippen molar-refractivity contribution >= 4 is 0 Å².